The van der Waals surface area contributed by atoms with Crippen LogP contribution >= 0.6 is 0 Å². The minimum atomic E-state index is -0.486. The van der Waals surface area contributed by atoms with Crippen molar-refractivity contribution in [2.45, 2.75) is 39.8 Å². The van der Waals surface area contributed by atoms with Gasteiger partial charge in [0.05, 0.1) is 13.7 Å². The number of urea groups is 1. The highest BCUT2D eigenvalue weighted by Crippen LogP contribution is 2.17. The molecule has 0 radical (unpaired) electrons. The smallest absolute Gasteiger partial charge is 0.321 e. The van der Waals surface area contributed by atoms with Crippen LogP contribution in [0.1, 0.15) is 32.8 Å². The summed E-state index contributed by atoms with van der Waals surface area (Å²) < 4.78 is 18.6. The van der Waals surface area contributed by atoms with E-state index in [0.29, 0.717) is 13.1 Å². The highest BCUT2D eigenvalue weighted by atomic mass is 19.1. The zero-order valence-corrected chi connectivity index (χ0v) is 14.7. The molecule has 1 unspecified atom stereocenters. The molecule has 0 aliphatic carbocycles. The zero-order chi connectivity index (χ0) is 18.1. The molecule has 0 spiro atoms. The van der Waals surface area contributed by atoms with Crippen molar-refractivity contribution < 1.29 is 23.6 Å². The van der Waals surface area contributed by atoms with Crippen LogP contribution in [-0.4, -0.2) is 38.2 Å². The first-order valence-electron chi connectivity index (χ1n) is 8.15. The molecule has 0 fully saturated rings. The first-order chi connectivity index (χ1) is 11.4. The summed E-state index contributed by atoms with van der Waals surface area (Å²) in [6.45, 7) is 7.04. The summed E-state index contributed by atoms with van der Waals surface area (Å²) >= 11 is 0. The lowest BCUT2D eigenvalue weighted by Crippen LogP contribution is -3.11. The van der Waals surface area contributed by atoms with Gasteiger partial charge in [-0.2, -0.15) is 0 Å². The van der Waals surface area contributed by atoms with Crippen LogP contribution in [0.15, 0.2) is 18.2 Å². The van der Waals surface area contributed by atoms with Gasteiger partial charge >= 0.3 is 6.03 Å². The van der Waals surface area contributed by atoms with E-state index in [1.54, 1.807) is 12.1 Å². The molecular formula is C17H27FN3O3+. The number of methoxy groups -OCH3 is 1. The van der Waals surface area contributed by atoms with Crippen molar-refractivity contribution >= 4 is 11.9 Å². The van der Waals surface area contributed by atoms with Gasteiger partial charge < -0.3 is 15.0 Å². The number of ether oxygens (including phenoxy) is 1. The highest BCUT2D eigenvalue weighted by molar-refractivity contribution is 5.94. The number of carbonyl (C=O) groups excluding carboxylic acids is 2. The number of hydrogen-bond donors (Lipinski definition) is 3. The van der Waals surface area contributed by atoms with E-state index < -0.39 is 11.8 Å². The largest absolute Gasteiger partial charge is 0.494 e. The lowest BCUT2D eigenvalue weighted by molar-refractivity contribution is -0.904. The molecule has 0 aliphatic rings. The van der Waals surface area contributed by atoms with E-state index in [2.05, 4.69) is 10.6 Å². The van der Waals surface area contributed by atoms with Gasteiger partial charge in [-0.25, -0.2) is 9.18 Å². The lowest BCUT2D eigenvalue weighted by atomic mass is 10.2. The Morgan fingerprint density at radius 1 is 1.33 bits per heavy atom. The number of imide groups is 1. The zero-order valence-electron chi connectivity index (χ0n) is 14.7. The standard InChI is InChI=1S/C17H26FN3O3/c1-5-12(3)19-17(23)20-16(22)11-21(6-2)10-13-7-8-15(24-4)14(18)9-13/h7-9,12H,5-6,10-11H2,1-4H3,(H2,19,20,22,23)/p+1/t12-/m0/s1. The summed E-state index contributed by atoms with van der Waals surface area (Å²) in [6, 6.07) is 4.26. The van der Waals surface area contributed by atoms with Gasteiger partial charge in [-0.05, 0) is 38.5 Å². The molecule has 24 heavy (non-hydrogen) atoms. The Morgan fingerprint density at radius 3 is 2.58 bits per heavy atom. The molecule has 2 atom stereocenters. The molecule has 134 valence electrons. The van der Waals surface area contributed by atoms with Crippen molar-refractivity contribution in [2.75, 3.05) is 20.2 Å². The molecule has 1 aromatic carbocycles. The third-order valence-corrected chi connectivity index (χ3v) is 3.82. The van der Waals surface area contributed by atoms with Crippen molar-refractivity contribution in [1.82, 2.24) is 10.6 Å². The van der Waals surface area contributed by atoms with Gasteiger partial charge in [-0.1, -0.05) is 6.92 Å². The summed E-state index contributed by atoms with van der Waals surface area (Å²) in [5, 5.41) is 5.00. The average molecular weight is 340 g/mol. The summed E-state index contributed by atoms with van der Waals surface area (Å²) in [5.74, 6) is -0.597. The minimum absolute atomic E-state index is 0.00898. The predicted octanol–water partition coefficient (Wildman–Crippen LogP) is 0.863. The lowest BCUT2D eigenvalue weighted by Gasteiger charge is -2.18. The fourth-order valence-corrected chi connectivity index (χ4v) is 2.18. The van der Waals surface area contributed by atoms with E-state index in [-0.39, 0.29) is 24.2 Å². The van der Waals surface area contributed by atoms with Gasteiger partial charge in [0.25, 0.3) is 5.91 Å². The van der Waals surface area contributed by atoms with Gasteiger partial charge in [-0.3, -0.25) is 10.1 Å². The summed E-state index contributed by atoms with van der Waals surface area (Å²) in [5.41, 5.74) is 0.766. The molecule has 0 bridgehead atoms. The Labute approximate surface area is 142 Å². The number of carbonyl (C=O) groups is 2. The van der Waals surface area contributed by atoms with E-state index in [9.17, 15) is 14.0 Å². The van der Waals surface area contributed by atoms with Gasteiger partial charge in [0.2, 0.25) is 0 Å². The average Bonchev–Trinajstić information content (AvgIpc) is 2.53. The first-order valence-corrected chi connectivity index (χ1v) is 8.15. The quantitative estimate of drug-likeness (QED) is 0.657. The summed E-state index contributed by atoms with van der Waals surface area (Å²) in [6.07, 6.45) is 0.789. The van der Waals surface area contributed by atoms with E-state index in [1.165, 1.54) is 13.2 Å². The van der Waals surface area contributed by atoms with Gasteiger partial charge in [-0.15, -0.1) is 0 Å². The molecule has 3 N–H and O–H groups in total. The fourth-order valence-electron chi connectivity index (χ4n) is 2.18. The van der Waals surface area contributed by atoms with Crippen LogP contribution in [0.25, 0.3) is 0 Å². The Morgan fingerprint density at radius 2 is 2.04 bits per heavy atom. The van der Waals surface area contributed by atoms with Crippen molar-refractivity contribution in [3.05, 3.63) is 29.6 Å². The number of quaternary nitrogens is 1. The maximum absolute atomic E-state index is 13.7. The second-order valence-corrected chi connectivity index (χ2v) is 5.76. The van der Waals surface area contributed by atoms with E-state index >= 15 is 0 Å². The van der Waals surface area contributed by atoms with Crippen molar-refractivity contribution in [3.63, 3.8) is 0 Å². The Hall–Kier alpha value is -2.15. The Bertz CT molecular complexity index is 566. The first kappa shape index (κ1) is 19.9. The molecule has 7 heteroatoms. The van der Waals surface area contributed by atoms with Crippen LogP contribution in [0.5, 0.6) is 5.75 Å². The van der Waals surface area contributed by atoms with Crippen molar-refractivity contribution in [1.29, 1.82) is 0 Å². The Kier molecular flexibility index (Phi) is 8.18. The third-order valence-electron chi connectivity index (χ3n) is 3.82. The van der Waals surface area contributed by atoms with Crippen molar-refractivity contribution in [2.24, 2.45) is 0 Å². The normalized spacial score (nSPS) is 13.0. The van der Waals surface area contributed by atoms with E-state index in [4.69, 9.17) is 4.74 Å². The minimum Gasteiger partial charge on any atom is -0.494 e. The predicted molar refractivity (Wildman–Crippen MR) is 89.5 cm³/mol. The van der Waals surface area contributed by atoms with Crippen LogP contribution in [-0.2, 0) is 11.3 Å². The number of rotatable bonds is 8. The number of hydrogen-bond acceptors (Lipinski definition) is 3. The molecule has 3 amide bonds. The van der Waals surface area contributed by atoms with Crippen molar-refractivity contribution in [3.8, 4) is 5.75 Å². The monoisotopic (exact) mass is 340 g/mol. The van der Waals surface area contributed by atoms with Crippen LogP contribution in [0.2, 0.25) is 0 Å². The SMILES string of the molecule is CC[C@H](C)NC(=O)NC(=O)C[NH+](CC)Cc1ccc(OC)c(F)c1. The number of amides is 3. The fraction of sp³-hybridized carbons (Fsp3) is 0.529. The molecule has 0 saturated carbocycles. The maximum atomic E-state index is 13.7. The number of likely N-dealkylation sites (N-methyl/N-ethyl adjacent to an activating group) is 1. The molecule has 0 saturated heterocycles. The second kappa shape index (κ2) is 9.87. The summed E-state index contributed by atoms with van der Waals surface area (Å²) in [7, 11) is 1.41. The molecule has 6 nitrogen and oxygen atoms in total. The molecule has 0 aromatic heterocycles. The topological polar surface area (TPSA) is 71.9 Å². The molecule has 0 heterocycles. The summed E-state index contributed by atoms with van der Waals surface area (Å²) in [4.78, 5) is 24.5. The number of halogens is 1. The highest BCUT2D eigenvalue weighted by Gasteiger charge is 2.17. The molecular weight excluding hydrogens is 313 g/mol. The van der Waals surface area contributed by atoms with Crippen LogP contribution in [0.3, 0.4) is 0 Å². The number of benzene rings is 1. The van der Waals surface area contributed by atoms with E-state index in [0.717, 1.165) is 16.9 Å². The van der Waals surface area contributed by atoms with Crippen LogP contribution in [0.4, 0.5) is 9.18 Å². The van der Waals surface area contributed by atoms with E-state index in [1.807, 2.05) is 20.8 Å². The Balaban J connectivity index is 2.56. The van der Waals surface area contributed by atoms with Crippen LogP contribution < -0.4 is 20.3 Å². The second-order valence-electron chi connectivity index (χ2n) is 5.76. The maximum Gasteiger partial charge on any atom is 0.321 e. The third kappa shape index (κ3) is 6.54. The van der Waals surface area contributed by atoms with Crippen LogP contribution in [0, 0.1) is 5.82 Å². The van der Waals surface area contributed by atoms with Gasteiger partial charge in [0, 0.05) is 11.6 Å². The van der Waals surface area contributed by atoms with Gasteiger partial charge in [0.15, 0.2) is 18.1 Å². The number of nitrogens with one attached hydrogen (secondary N) is 3. The van der Waals surface area contributed by atoms with Gasteiger partial charge in [0.1, 0.15) is 6.54 Å². The molecule has 0 aliphatic heterocycles. The molecule has 1 rings (SSSR count). The molecule has 1 aromatic rings.